The van der Waals surface area contributed by atoms with Gasteiger partial charge < -0.3 is 5.32 Å². The van der Waals surface area contributed by atoms with E-state index < -0.39 is 0 Å². The highest BCUT2D eigenvalue weighted by atomic mass is 35.5. The predicted octanol–water partition coefficient (Wildman–Crippen LogP) is 3.24. The molecule has 4 heteroatoms. The van der Waals surface area contributed by atoms with E-state index in [-0.39, 0.29) is 0 Å². The van der Waals surface area contributed by atoms with Crippen molar-refractivity contribution in [2.24, 2.45) is 0 Å². The summed E-state index contributed by atoms with van der Waals surface area (Å²) in [6.45, 7) is 0. The van der Waals surface area contributed by atoms with Crippen LogP contribution in [0.4, 0.5) is 5.69 Å². The molecule has 11 heavy (non-hydrogen) atoms. The predicted molar refractivity (Wildman–Crippen MR) is 52.7 cm³/mol. The number of halogens is 2. The summed E-state index contributed by atoms with van der Waals surface area (Å²) >= 11 is 16.0. The van der Waals surface area contributed by atoms with E-state index in [0.717, 1.165) is 0 Å². The normalized spacial score (nSPS) is 9.27. The van der Waals surface area contributed by atoms with E-state index in [0.29, 0.717) is 15.7 Å². The molecule has 0 atom stereocenters. The Labute approximate surface area is 80.3 Å². The molecule has 0 heterocycles. The van der Waals surface area contributed by atoms with Crippen molar-refractivity contribution in [2.75, 3.05) is 5.32 Å². The maximum Gasteiger partial charge on any atom is 0.138 e. The van der Waals surface area contributed by atoms with Gasteiger partial charge in [-0.1, -0.05) is 41.5 Å². The van der Waals surface area contributed by atoms with E-state index in [9.17, 15) is 0 Å². The first-order valence-electron chi connectivity index (χ1n) is 2.83. The second kappa shape index (κ2) is 3.90. The lowest BCUT2D eigenvalue weighted by atomic mass is 10.3. The van der Waals surface area contributed by atoms with Gasteiger partial charge in [0.2, 0.25) is 0 Å². The lowest BCUT2D eigenvalue weighted by Gasteiger charge is -2.02. The second-order valence-electron chi connectivity index (χ2n) is 1.83. The minimum atomic E-state index is 0.464. The quantitative estimate of drug-likeness (QED) is 0.587. The minimum absolute atomic E-state index is 0.464. The van der Waals surface area contributed by atoms with E-state index in [4.69, 9.17) is 23.2 Å². The zero-order valence-electron chi connectivity index (χ0n) is 5.40. The highest BCUT2D eigenvalue weighted by Crippen LogP contribution is 2.28. The molecule has 0 unspecified atom stereocenters. The van der Waals surface area contributed by atoms with Gasteiger partial charge in [-0.25, -0.2) is 0 Å². The summed E-state index contributed by atoms with van der Waals surface area (Å²) in [6, 6.07) is 5.26. The zero-order chi connectivity index (χ0) is 8.27. The number of anilines is 1. The van der Waals surface area contributed by atoms with Crippen LogP contribution in [0.2, 0.25) is 10.0 Å². The molecular formula is C7H4Cl2NS. The van der Waals surface area contributed by atoms with Gasteiger partial charge in [-0.05, 0) is 12.1 Å². The van der Waals surface area contributed by atoms with E-state index in [1.165, 1.54) is 0 Å². The van der Waals surface area contributed by atoms with Gasteiger partial charge in [0.25, 0.3) is 0 Å². The molecule has 1 nitrogen and oxygen atoms in total. The molecule has 1 rings (SSSR count). The highest BCUT2D eigenvalue weighted by Gasteiger charge is 2.01. The third kappa shape index (κ3) is 2.06. The summed E-state index contributed by atoms with van der Waals surface area (Å²) in [6.07, 6.45) is 0. The number of nitrogens with one attached hydrogen (secondary N) is 1. The maximum absolute atomic E-state index is 5.79. The van der Waals surface area contributed by atoms with Crippen LogP contribution >= 0.6 is 35.4 Å². The van der Waals surface area contributed by atoms with Gasteiger partial charge in [0.05, 0.1) is 15.7 Å². The van der Waals surface area contributed by atoms with Crippen LogP contribution in [0.1, 0.15) is 0 Å². The third-order valence-electron chi connectivity index (χ3n) is 1.14. The van der Waals surface area contributed by atoms with Crippen molar-refractivity contribution < 1.29 is 0 Å². The smallest absolute Gasteiger partial charge is 0.138 e. The molecule has 1 radical (unpaired) electrons. The first-order valence-corrected chi connectivity index (χ1v) is 3.99. The lowest BCUT2D eigenvalue weighted by Crippen LogP contribution is -1.92. The number of hydrogen-bond acceptors (Lipinski definition) is 1. The van der Waals surface area contributed by atoms with Crippen molar-refractivity contribution in [2.45, 2.75) is 0 Å². The van der Waals surface area contributed by atoms with Gasteiger partial charge in [0, 0.05) is 0 Å². The summed E-state index contributed by atoms with van der Waals surface area (Å²) in [7, 11) is 0. The molecule has 0 fully saturated rings. The Balaban J connectivity index is 3.05. The SMILES string of the molecule is S=[C]Nc1cccc(Cl)c1Cl. The standard InChI is InChI=1S/C7H4Cl2NS/c8-5-2-1-3-6(7(5)9)10-4-11/h1-3H,(H,10,11). The summed E-state index contributed by atoms with van der Waals surface area (Å²) < 4.78 is 0. The first-order chi connectivity index (χ1) is 5.25. The fourth-order valence-corrected chi connectivity index (χ4v) is 1.11. The van der Waals surface area contributed by atoms with Crippen LogP contribution in [0.3, 0.4) is 0 Å². The van der Waals surface area contributed by atoms with Gasteiger partial charge in [-0.2, -0.15) is 0 Å². The zero-order valence-corrected chi connectivity index (χ0v) is 7.72. The van der Waals surface area contributed by atoms with Crippen LogP contribution in [0.25, 0.3) is 0 Å². The number of rotatable bonds is 2. The molecule has 0 aliphatic heterocycles. The summed E-state index contributed by atoms with van der Waals surface area (Å²) in [5.74, 6) is 0. The van der Waals surface area contributed by atoms with Gasteiger partial charge in [-0.3, -0.25) is 0 Å². The van der Waals surface area contributed by atoms with Crippen molar-refractivity contribution >= 4 is 46.6 Å². The monoisotopic (exact) mass is 204 g/mol. The fourth-order valence-electron chi connectivity index (χ4n) is 0.655. The molecule has 0 aliphatic carbocycles. The Morgan fingerprint density at radius 3 is 2.73 bits per heavy atom. The van der Waals surface area contributed by atoms with Crippen molar-refractivity contribution in [1.82, 2.24) is 0 Å². The number of benzene rings is 1. The van der Waals surface area contributed by atoms with Crippen LogP contribution in [-0.4, -0.2) is 5.49 Å². The van der Waals surface area contributed by atoms with Crippen LogP contribution in [0.15, 0.2) is 18.2 Å². The Hall–Kier alpha value is -0.310. The largest absolute Gasteiger partial charge is 0.343 e. The van der Waals surface area contributed by atoms with Crippen LogP contribution in [0, 0.1) is 0 Å². The van der Waals surface area contributed by atoms with E-state index in [2.05, 4.69) is 23.0 Å². The Bertz CT molecular complexity index is 275. The second-order valence-corrected chi connectivity index (χ2v) is 2.82. The molecule has 0 spiro atoms. The van der Waals surface area contributed by atoms with Crippen molar-refractivity contribution in [1.29, 1.82) is 0 Å². The first kappa shape index (κ1) is 8.78. The molecule has 1 aromatic carbocycles. The Kier molecular flexibility index (Phi) is 3.12. The highest BCUT2D eigenvalue weighted by molar-refractivity contribution is 7.79. The van der Waals surface area contributed by atoms with Gasteiger partial charge in [0.1, 0.15) is 5.49 Å². The molecule has 0 saturated heterocycles. The Morgan fingerprint density at radius 1 is 1.36 bits per heavy atom. The molecule has 0 amide bonds. The molecule has 0 aliphatic rings. The third-order valence-corrected chi connectivity index (χ3v) is 2.06. The average Bonchev–Trinajstić information content (AvgIpc) is 1.99. The molecule has 0 aromatic heterocycles. The van der Waals surface area contributed by atoms with E-state index in [1.807, 2.05) is 0 Å². The van der Waals surface area contributed by atoms with Crippen molar-refractivity contribution in [3.8, 4) is 0 Å². The van der Waals surface area contributed by atoms with E-state index in [1.54, 1.807) is 18.2 Å². The fraction of sp³-hybridized carbons (Fsp3) is 0. The minimum Gasteiger partial charge on any atom is -0.343 e. The summed E-state index contributed by atoms with van der Waals surface area (Å²) in [4.78, 5) is 0. The topological polar surface area (TPSA) is 12.0 Å². The molecule has 0 bridgehead atoms. The summed E-state index contributed by atoms with van der Waals surface area (Å²) in [5.41, 5.74) is 3.02. The lowest BCUT2D eigenvalue weighted by molar-refractivity contribution is 1.66. The summed E-state index contributed by atoms with van der Waals surface area (Å²) in [5, 5.41) is 3.63. The van der Waals surface area contributed by atoms with Gasteiger partial charge >= 0.3 is 0 Å². The van der Waals surface area contributed by atoms with Crippen LogP contribution in [0.5, 0.6) is 0 Å². The van der Waals surface area contributed by atoms with Crippen LogP contribution < -0.4 is 5.32 Å². The van der Waals surface area contributed by atoms with Crippen LogP contribution in [-0.2, 0) is 0 Å². The van der Waals surface area contributed by atoms with E-state index >= 15 is 0 Å². The maximum atomic E-state index is 5.79. The number of thiocarbonyl (C=S) groups is 1. The van der Waals surface area contributed by atoms with Gasteiger partial charge in [-0.15, -0.1) is 0 Å². The van der Waals surface area contributed by atoms with Crippen molar-refractivity contribution in [3.63, 3.8) is 0 Å². The number of hydrogen-bond donors (Lipinski definition) is 1. The van der Waals surface area contributed by atoms with Crippen molar-refractivity contribution in [3.05, 3.63) is 28.2 Å². The van der Waals surface area contributed by atoms with Gasteiger partial charge in [0.15, 0.2) is 0 Å². The Morgan fingerprint density at radius 2 is 2.09 bits per heavy atom. The molecule has 1 aromatic rings. The molecular weight excluding hydrogens is 201 g/mol. The molecule has 57 valence electrons. The molecule has 0 saturated carbocycles. The average molecular weight is 205 g/mol. The molecule has 1 N–H and O–H groups in total.